The summed E-state index contributed by atoms with van der Waals surface area (Å²) in [5.41, 5.74) is 0. The van der Waals surface area contributed by atoms with E-state index in [1.807, 2.05) is 0 Å². The molecular formula is C19H41NaO4S. The molecule has 0 unspecified atom stereocenters. The summed E-state index contributed by atoms with van der Waals surface area (Å²) >= 11 is 0. The van der Waals surface area contributed by atoms with Crippen LogP contribution in [0.4, 0.5) is 0 Å². The van der Waals surface area contributed by atoms with E-state index in [0.717, 1.165) is 19.3 Å². The van der Waals surface area contributed by atoms with Gasteiger partial charge in [0.15, 0.2) is 0 Å². The molecule has 6 heteroatoms. The van der Waals surface area contributed by atoms with Crippen LogP contribution in [0.25, 0.3) is 0 Å². The van der Waals surface area contributed by atoms with E-state index < -0.39 is 10.1 Å². The Hall–Kier alpha value is 0.870. The first kappa shape index (κ1) is 28.1. The molecule has 148 valence electrons. The third-order valence-electron chi connectivity index (χ3n) is 4.31. The quantitative estimate of drug-likeness (QED) is 0.210. The Kier molecular flexibility index (Phi) is 23.8. The van der Waals surface area contributed by atoms with Crippen molar-refractivity contribution in [1.82, 2.24) is 0 Å². The summed E-state index contributed by atoms with van der Waals surface area (Å²) in [6, 6.07) is 0. The Balaban J connectivity index is -0.00000264. The minimum Gasteiger partial charge on any atom is -1.00 e. The van der Waals surface area contributed by atoms with Gasteiger partial charge in [-0.1, -0.05) is 90.4 Å². The summed E-state index contributed by atoms with van der Waals surface area (Å²) in [5.74, 6) is -0.0812. The summed E-state index contributed by atoms with van der Waals surface area (Å²) < 4.78 is 27.7. The molecule has 0 bridgehead atoms. The van der Waals surface area contributed by atoms with Gasteiger partial charge in [0.05, 0.1) is 12.4 Å². The topological polar surface area (TPSA) is 63.6 Å². The molecule has 0 aromatic rings. The molecule has 0 amide bonds. The standard InChI is InChI=1S/C19H40O4S.Na.H/c1-2-3-4-5-6-7-8-9-10-11-12-13-14-15-18-23-24(21,22)19-16-17-20;;/h20H,2-19H2,1H3;;/q;+1;-1. The van der Waals surface area contributed by atoms with E-state index in [1.165, 1.54) is 70.6 Å². The van der Waals surface area contributed by atoms with Crippen molar-refractivity contribution >= 4 is 10.1 Å². The van der Waals surface area contributed by atoms with E-state index in [4.69, 9.17) is 9.29 Å². The molecule has 25 heavy (non-hydrogen) atoms. The maximum atomic E-state index is 11.4. The maximum absolute atomic E-state index is 11.4. The Morgan fingerprint density at radius 2 is 1.12 bits per heavy atom. The van der Waals surface area contributed by atoms with Gasteiger partial charge in [-0.2, -0.15) is 8.42 Å². The molecule has 0 aliphatic carbocycles. The first-order chi connectivity index (χ1) is 11.6. The number of aliphatic hydroxyl groups is 1. The number of rotatable bonds is 19. The van der Waals surface area contributed by atoms with Crippen LogP contribution < -0.4 is 29.6 Å². The smallest absolute Gasteiger partial charge is 1.00 e. The van der Waals surface area contributed by atoms with Crippen LogP contribution in [-0.2, 0) is 14.3 Å². The molecule has 0 aromatic heterocycles. The minimum atomic E-state index is -3.42. The van der Waals surface area contributed by atoms with Gasteiger partial charge in [-0.05, 0) is 12.8 Å². The van der Waals surface area contributed by atoms with Crippen LogP contribution in [0.15, 0.2) is 0 Å². The van der Waals surface area contributed by atoms with Crippen LogP contribution in [0.1, 0.15) is 105 Å². The largest absolute Gasteiger partial charge is 1.00 e. The normalized spacial score (nSPS) is 11.4. The number of hydrogen-bond donors (Lipinski definition) is 1. The average molecular weight is 389 g/mol. The van der Waals surface area contributed by atoms with Crippen molar-refractivity contribution in [1.29, 1.82) is 0 Å². The minimum absolute atomic E-state index is 0. The van der Waals surface area contributed by atoms with E-state index in [-0.39, 0.29) is 56.4 Å². The molecule has 0 rings (SSSR count). The SMILES string of the molecule is CCCCCCCCCCCCCCCCOS(=O)(=O)CCCO.[H-].[Na+]. The van der Waals surface area contributed by atoms with Gasteiger partial charge >= 0.3 is 29.6 Å². The van der Waals surface area contributed by atoms with E-state index >= 15 is 0 Å². The molecule has 0 radical (unpaired) electrons. The third-order valence-corrected chi connectivity index (χ3v) is 5.63. The number of aliphatic hydroxyl groups excluding tert-OH is 1. The Labute approximate surface area is 180 Å². The zero-order valence-electron chi connectivity index (χ0n) is 17.8. The molecule has 0 atom stereocenters. The number of unbranched alkanes of at least 4 members (excludes halogenated alkanes) is 13. The van der Waals surface area contributed by atoms with Gasteiger partial charge in [-0.3, -0.25) is 4.18 Å². The van der Waals surface area contributed by atoms with Crippen LogP contribution in [-0.4, -0.2) is 32.5 Å². The Morgan fingerprint density at radius 3 is 1.52 bits per heavy atom. The summed E-state index contributed by atoms with van der Waals surface area (Å²) in [7, 11) is -3.42. The Bertz CT molecular complexity index is 353. The van der Waals surface area contributed by atoms with Crippen molar-refractivity contribution < 1.29 is 48.7 Å². The molecule has 0 spiro atoms. The predicted octanol–water partition coefficient (Wildman–Crippen LogP) is 2.31. The van der Waals surface area contributed by atoms with Crippen molar-refractivity contribution in [2.24, 2.45) is 0 Å². The summed E-state index contributed by atoms with van der Waals surface area (Å²) in [6.07, 6.45) is 18.2. The van der Waals surface area contributed by atoms with Gasteiger partial charge in [0.2, 0.25) is 0 Å². The van der Waals surface area contributed by atoms with E-state index in [1.54, 1.807) is 0 Å². The van der Waals surface area contributed by atoms with Crippen LogP contribution in [0.5, 0.6) is 0 Å². The van der Waals surface area contributed by atoms with Crippen LogP contribution in [0, 0.1) is 0 Å². The van der Waals surface area contributed by atoms with Crippen LogP contribution >= 0.6 is 0 Å². The maximum Gasteiger partial charge on any atom is 1.00 e. The molecule has 0 saturated heterocycles. The van der Waals surface area contributed by atoms with Gasteiger partial charge in [0, 0.05) is 6.61 Å². The van der Waals surface area contributed by atoms with Crippen molar-refractivity contribution in [3.05, 3.63) is 0 Å². The van der Waals surface area contributed by atoms with E-state index in [9.17, 15) is 8.42 Å². The zero-order valence-corrected chi connectivity index (χ0v) is 19.6. The molecule has 0 aliphatic heterocycles. The van der Waals surface area contributed by atoms with Gasteiger partial charge < -0.3 is 6.53 Å². The van der Waals surface area contributed by atoms with Gasteiger partial charge in [-0.25, -0.2) is 0 Å². The van der Waals surface area contributed by atoms with Crippen molar-refractivity contribution in [2.45, 2.75) is 103 Å². The Morgan fingerprint density at radius 1 is 0.720 bits per heavy atom. The van der Waals surface area contributed by atoms with Crippen LogP contribution in [0.3, 0.4) is 0 Å². The molecular weight excluding hydrogens is 347 g/mol. The van der Waals surface area contributed by atoms with Crippen LogP contribution in [0.2, 0.25) is 0 Å². The second-order valence-corrected chi connectivity index (χ2v) is 8.52. The number of hydrogen-bond acceptors (Lipinski definition) is 4. The van der Waals surface area contributed by atoms with Gasteiger partial charge in [0.25, 0.3) is 10.1 Å². The van der Waals surface area contributed by atoms with Crippen molar-refractivity contribution in [3.8, 4) is 0 Å². The van der Waals surface area contributed by atoms with Crippen molar-refractivity contribution in [2.75, 3.05) is 19.0 Å². The molecule has 1 N–H and O–H groups in total. The fourth-order valence-corrected chi connectivity index (χ4v) is 3.76. The summed E-state index contributed by atoms with van der Waals surface area (Å²) in [6.45, 7) is 2.43. The second kappa shape index (κ2) is 21.2. The predicted molar refractivity (Wildman–Crippen MR) is 103 cm³/mol. The van der Waals surface area contributed by atoms with Gasteiger partial charge in [-0.15, -0.1) is 0 Å². The van der Waals surface area contributed by atoms with Gasteiger partial charge in [0.1, 0.15) is 0 Å². The zero-order chi connectivity index (χ0) is 17.9. The fourth-order valence-electron chi connectivity index (χ4n) is 2.78. The first-order valence-electron chi connectivity index (χ1n) is 10.1. The average Bonchev–Trinajstić information content (AvgIpc) is 2.56. The third kappa shape index (κ3) is 22.8. The molecule has 0 fully saturated rings. The molecule has 0 aromatic carbocycles. The molecule has 0 aliphatic rings. The fraction of sp³-hybridized carbons (Fsp3) is 1.00. The van der Waals surface area contributed by atoms with Crippen molar-refractivity contribution in [3.63, 3.8) is 0 Å². The summed E-state index contributed by atoms with van der Waals surface area (Å²) in [5, 5.41) is 8.61. The molecule has 0 saturated carbocycles. The molecule has 4 nitrogen and oxygen atoms in total. The first-order valence-corrected chi connectivity index (χ1v) is 11.7. The van der Waals surface area contributed by atoms with E-state index in [2.05, 4.69) is 6.92 Å². The monoisotopic (exact) mass is 388 g/mol. The molecule has 0 heterocycles. The van der Waals surface area contributed by atoms with E-state index in [0.29, 0.717) is 0 Å². The summed E-state index contributed by atoms with van der Waals surface area (Å²) in [4.78, 5) is 0. The second-order valence-electron chi connectivity index (χ2n) is 6.76.